The smallest absolute Gasteiger partial charge is 0.188 e. The second-order valence-electron chi connectivity index (χ2n) is 5.82. The summed E-state index contributed by atoms with van der Waals surface area (Å²) in [6.07, 6.45) is 8.23. The molecule has 0 atom stereocenters. The SMILES string of the molecule is COc1cc(CCN=C(N)NC2CCCCCC2)ccc1F.I. The van der Waals surface area contributed by atoms with Gasteiger partial charge < -0.3 is 15.8 Å². The van der Waals surface area contributed by atoms with Crippen LogP contribution in [0.4, 0.5) is 4.39 Å². The van der Waals surface area contributed by atoms with Gasteiger partial charge in [0.05, 0.1) is 7.11 Å². The summed E-state index contributed by atoms with van der Waals surface area (Å²) in [6.45, 7) is 0.584. The van der Waals surface area contributed by atoms with Gasteiger partial charge in [0, 0.05) is 12.6 Å². The quantitative estimate of drug-likeness (QED) is 0.322. The lowest BCUT2D eigenvalue weighted by Crippen LogP contribution is -2.40. The molecule has 0 heterocycles. The Kier molecular flexibility index (Phi) is 9.28. The van der Waals surface area contributed by atoms with Crippen molar-refractivity contribution < 1.29 is 9.13 Å². The topological polar surface area (TPSA) is 59.6 Å². The third-order valence-corrected chi connectivity index (χ3v) is 4.11. The van der Waals surface area contributed by atoms with Crippen LogP contribution in [0.3, 0.4) is 0 Å². The Bertz CT molecular complexity index is 503. The largest absolute Gasteiger partial charge is 0.494 e. The van der Waals surface area contributed by atoms with E-state index in [2.05, 4.69) is 10.3 Å². The Morgan fingerprint density at radius 2 is 2.00 bits per heavy atom. The molecule has 130 valence electrons. The number of rotatable bonds is 5. The number of guanidine groups is 1. The van der Waals surface area contributed by atoms with Gasteiger partial charge in [-0.25, -0.2) is 4.39 Å². The van der Waals surface area contributed by atoms with Crippen LogP contribution in [0.15, 0.2) is 23.2 Å². The van der Waals surface area contributed by atoms with Crippen LogP contribution >= 0.6 is 24.0 Å². The lowest BCUT2D eigenvalue weighted by molar-refractivity contribution is 0.386. The van der Waals surface area contributed by atoms with E-state index in [0.29, 0.717) is 25.0 Å². The van der Waals surface area contributed by atoms with E-state index in [-0.39, 0.29) is 35.5 Å². The molecule has 0 saturated heterocycles. The molecule has 6 heteroatoms. The number of aliphatic imine (C=N–C) groups is 1. The van der Waals surface area contributed by atoms with E-state index >= 15 is 0 Å². The Balaban J connectivity index is 0.00000264. The third-order valence-electron chi connectivity index (χ3n) is 4.11. The first-order valence-electron chi connectivity index (χ1n) is 8.08. The van der Waals surface area contributed by atoms with Crippen LogP contribution in [-0.2, 0) is 6.42 Å². The van der Waals surface area contributed by atoms with Crippen molar-refractivity contribution in [3.63, 3.8) is 0 Å². The summed E-state index contributed by atoms with van der Waals surface area (Å²) in [4.78, 5) is 4.37. The Hall–Kier alpha value is -1.05. The summed E-state index contributed by atoms with van der Waals surface area (Å²) in [6, 6.07) is 5.34. The van der Waals surface area contributed by atoms with E-state index in [0.717, 1.165) is 5.56 Å². The minimum absolute atomic E-state index is 0. The van der Waals surface area contributed by atoms with E-state index in [1.807, 2.05) is 0 Å². The second kappa shape index (κ2) is 10.7. The standard InChI is InChI=1S/C17H26FN3O.HI/c1-22-16-12-13(8-9-15(16)18)10-11-20-17(19)21-14-6-4-2-3-5-7-14;/h8-9,12,14H,2-7,10-11H2,1H3,(H3,19,20,21);1H. The van der Waals surface area contributed by atoms with Gasteiger partial charge in [0.1, 0.15) is 0 Å². The summed E-state index contributed by atoms with van der Waals surface area (Å²) in [5.41, 5.74) is 6.94. The fourth-order valence-electron chi connectivity index (χ4n) is 2.84. The molecule has 0 radical (unpaired) electrons. The van der Waals surface area contributed by atoms with Gasteiger partial charge in [-0.1, -0.05) is 31.7 Å². The zero-order valence-corrected chi connectivity index (χ0v) is 16.0. The molecular formula is C17H27FIN3O. The van der Waals surface area contributed by atoms with E-state index in [9.17, 15) is 4.39 Å². The number of nitrogens with one attached hydrogen (secondary N) is 1. The average Bonchev–Trinajstić information content (AvgIpc) is 2.77. The van der Waals surface area contributed by atoms with Crippen LogP contribution in [0.5, 0.6) is 5.75 Å². The first-order valence-corrected chi connectivity index (χ1v) is 8.08. The number of benzene rings is 1. The van der Waals surface area contributed by atoms with Crippen LogP contribution in [0.25, 0.3) is 0 Å². The van der Waals surface area contributed by atoms with Gasteiger partial charge >= 0.3 is 0 Å². The minimum Gasteiger partial charge on any atom is -0.494 e. The molecule has 1 aliphatic rings. The Morgan fingerprint density at radius 1 is 1.30 bits per heavy atom. The summed E-state index contributed by atoms with van der Waals surface area (Å²) in [5.74, 6) is 0.441. The van der Waals surface area contributed by atoms with Gasteiger partial charge in [-0.05, 0) is 37.0 Å². The molecule has 0 aliphatic heterocycles. The number of nitrogens with zero attached hydrogens (tertiary/aromatic N) is 1. The molecule has 1 aromatic rings. The number of methoxy groups -OCH3 is 1. The third kappa shape index (κ3) is 6.93. The zero-order chi connectivity index (χ0) is 15.8. The van der Waals surface area contributed by atoms with Crippen LogP contribution in [0.1, 0.15) is 44.1 Å². The molecule has 4 nitrogen and oxygen atoms in total. The highest BCUT2D eigenvalue weighted by atomic mass is 127. The second-order valence-corrected chi connectivity index (χ2v) is 5.82. The highest BCUT2D eigenvalue weighted by Crippen LogP contribution is 2.19. The number of halogens is 2. The van der Waals surface area contributed by atoms with E-state index in [1.54, 1.807) is 12.1 Å². The van der Waals surface area contributed by atoms with Gasteiger partial charge in [-0.2, -0.15) is 0 Å². The van der Waals surface area contributed by atoms with Crippen LogP contribution in [-0.4, -0.2) is 25.7 Å². The van der Waals surface area contributed by atoms with Gasteiger partial charge in [0.15, 0.2) is 17.5 Å². The summed E-state index contributed by atoms with van der Waals surface area (Å²) < 4.78 is 18.3. The number of ether oxygens (including phenoxy) is 1. The molecule has 0 amide bonds. The predicted molar refractivity (Wildman–Crippen MR) is 103 cm³/mol. The molecule has 1 aliphatic carbocycles. The van der Waals surface area contributed by atoms with Gasteiger partial charge in [0.2, 0.25) is 0 Å². The zero-order valence-electron chi connectivity index (χ0n) is 13.7. The van der Waals surface area contributed by atoms with Crippen LogP contribution < -0.4 is 15.8 Å². The number of hydrogen-bond acceptors (Lipinski definition) is 2. The van der Waals surface area contributed by atoms with E-state index in [4.69, 9.17) is 10.5 Å². The van der Waals surface area contributed by atoms with Crippen molar-refractivity contribution in [3.05, 3.63) is 29.6 Å². The molecule has 1 saturated carbocycles. The normalized spacial score (nSPS) is 16.3. The van der Waals surface area contributed by atoms with Crippen molar-refractivity contribution in [3.8, 4) is 5.75 Å². The molecular weight excluding hydrogens is 408 g/mol. The Morgan fingerprint density at radius 3 is 2.65 bits per heavy atom. The van der Waals surface area contributed by atoms with Crippen molar-refractivity contribution in [2.45, 2.75) is 51.0 Å². The fourth-order valence-corrected chi connectivity index (χ4v) is 2.84. The van der Waals surface area contributed by atoms with Crippen molar-refractivity contribution >= 4 is 29.9 Å². The fraction of sp³-hybridized carbons (Fsp3) is 0.588. The maximum Gasteiger partial charge on any atom is 0.188 e. The highest BCUT2D eigenvalue weighted by molar-refractivity contribution is 14.0. The maximum atomic E-state index is 13.3. The van der Waals surface area contributed by atoms with Crippen molar-refractivity contribution in [1.29, 1.82) is 0 Å². The number of nitrogens with two attached hydrogens (primary N) is 1. The first-order chi connectivity index (χ1) is 10.7. The predicted octanol–water partition coefficient (Wildman–Crippen LogP) is 3.62. The molecule has 0 aromatic heterocycles. The van der Waals surface area contributed by atoms with E-state index in [1.165, 1.54) is 51.7 Å². The molecule has 0 spiro atoms. The van der Waals surface area contributed by atoms with Gasteiger partial charge in [-0.3, -0.25) is 4.99 Å². The average molecular weight is 435 g/mol. The first kappa shape index (κ1) is 20.0. The van der Waals surface area contributed by atoms with Crippen molar-refractivity contribution in [1.82, 2.24) is 5.32 Å². The molecule has 1 aromatic carbocycles. The van der Waals surface area contributed by atoms with Gasteiger partial charge in [-0.15, -0.1) is 24.0 Å². The summed E-state index contributed by atoms with van der Waals surface area (Å²) >= 11 is 0. The molecule has 0 bridgehead atoms. The minimum atomic E-state index is -0.343. The Labute approximate surface area is 155 Å². The lowest BCUT2D eigenvalue weighted by atomic mass is 10.1. The highest BCUT2D eigenvalue weighted by Gasteiger charge is 2.12. The van der Waals surface area contributed by atoms with Crippen molar-refractivity contribution in [2.75, 3.05) is 13.7 Å². The molecule has 2 rings (SSSR count). The van der Waals surface area contributed by atoms with Crippen LogP contribution in [0.2, 0.25) is 0 Å². The molecule has 1 fully saturated rings. The van der Waals surface area contributed by atoms with E-state index < -0.39 is 0 Å². The monoisotopic (exact) mass is 435 g/mol. The maximum absolute atomic E-state index is 13.3. The molecule has 3 N–H and O–H groups in total. The molecule has 23 heavy (non-hydrogen) atoms. The summed E-state index contributed by atoms with van der Waals surface area (Å²) in [5, 5.41) is 3.32. The molecule has 0 unspecified atom stereocenters. The van der Waals surface area contributed by atoms with Gasteiger partial charge in [0.25, 0.3) is 0 Å². The van der Waals surface area contributed by atoms with Crippen LogP contribution in [0, 0.1) is 5.82 Å². The van der Waals surface area contributed by atoms with Crippen molar-refractivity contribution in [2.24, 2.45) is 10.7 Å². The lowest BCUT2D eigenvalue weighted by Gasteiger charge is -2.16. The summed E-state index contributed by atoms with van der Waals surface area (Å²) in [7, 11) is 1.47. The number of hydrogen-bond donors (Lipinski definition) is 2.